The summed E-state index contributed by atoms with van der Waals surface area (Å²) in [6.45, 7) is 1.55. The topological polar surface area (TPSA) is 27.7 Å². The Labute approximate surface area is 227 Å². The van der Waals surface area contributed by atoms with Crippen LogP contribution in [0.4, 0.5) is 0 Å². The summed E-state index contributed by atoms with van der Waals surface area (Å²) in [5.41, 5.74) is 5.03. The zero-order chi connectivity index (χ0) is 23.4. The molecule has 0 unspecified atom stereocenters. The van der Waals surface area contributed by atoms with E-state index in [4.69, 9.17) is 14.2 Å². The highest BCUT2D eigenvalue weighted by atomic mass is 127. The monoisotopic (exact) mass is 674 g/mol. The van der Waals surface area contributed by atoms with Crippen molar-refractivity contribution in [2.24, 2.45) is 0 Å². The second-order valence-electron chi connectivity index (χ2n) is 7.75. The number of alkyl halides is 2. The van der Waals surface area contributed by atoms with Gasteiger partial charge < -0.3 is 14.2 Å². The molecule has 0 aliphatic rings. The molecule has 33 heavy (non-hydrogen) atoms. The SMILES string of the molecule is ICC/C=C/CCc1ccc(COCOCOCc2ccc(CC/C=C/CCI)cc2)cc1. The Morgan fingerprint density at radius 2 is 0.848 bits per heavy atom. The Bertz CT molecular complexity index is 718. The first-order valence-corrected chi connectivity index (χ1v) is 14.7. The summed E-state index contributed by atoms with van der Waals surface area (Å²) < 4.78 is 19.0. The van der Waals surface area contributed by atoms with Gasteiger partial charge in [-0.1, -0.05) is 118 Å². The smallest absolute Gasteiger partial charge is 0.150 e. The van der Waals surface area contributed by atoms with Gasteiger partial charge >= 0.3 is 0 Å². The van der Waals surface area contributed by atoms with Gasteiger partial charge in [-0.2, -0.15) is 0 Å². The van der Waals surface area contributed by atoms with E-state index in [0.29, 0.717) is 13.2 Å². The lowest BCUT2D eigenvalue weighted by atomic mass is 10.1. The molecule has 180 valence electrons. The van der Waals surface area contributed by atoms with Crippen molar-refractivity contribution in [2.75, 3.05) is 22.4 Å². The van der Waals surface area contributed by atoms with Crippen molar-refractivity contribution < 1.29 is 14.2 Å². The highest BCUT2D eigenvalue weighted by Crippen LogP contribution is 2.10. The third-order valence-electron chi connectivity index (χ3n) is 5.00. The fourth-order valence-corrected chi connectivity index (χ4v) is 3.89. The van der Waals surface area contributed by atoms with Gasteiger partial charge in [0.25, 0.3) is 0 Å². The molecular formula is C28H36I2O3. The predicted molar refractivity (Wildman–Crippen MR) is 155 cm³/mol. The molecular weight excluding hydrogens is 638 g/mol. The first-order valence-electron chi connectivity index (χ1n) is 11.6. The lowest BCUT2D eigenvalue weighted by molar-refractivity contribution is -0.139. The van der Waals surface area contributed by atoms with Gasteiger partial charge in [-0.15, -0.1) is 0 Å². The number of benzene rings is 2. The molecule has 0 heterocycles. The normalized spacial score (nSPS) is 11.7. The summed E-state index contributed by atoms with van der Waals surface area (Å²) >= 11 is 4.81. The number of ether oxygens (including phenoxy) is 3. The predicted octanol–water partition coefficient (Wildman–Crippen LogP) is 7.98. The van der Waals surface area contributed by atoms with Gasteiger partial charge in [0.1, 0.15) is 13.6 Å². The molecule has 0 atom stereocenters. The molecule has 0 saturated heterocycles. The lowest BCUT2D eigenvalue weighted by Crippen LogP contribution is -2.05. The molecule has 0 N–H and O–H groups in total. The van der Waals surface area contributed by atoms with Crippen LogP contribution in [0, 0.1) is 0 Å². The second kappa shape index (κ2) is 19.6. The van der Waals surface area contributed by atoms with Gasteiger partial charge in [-0.3, -0.25) is 0 Å². The minimum atomic E-state index is 0.230. The molecule has 2 aromatic carbocycles. The Hall–Kier alpha value is -0.740. The average molecular weight is 674 g/mol. The summed E-state index contributed by atoms with van der Waals surface area (Å²) in [4.78, 5) is 0. The number of allylic oxidation sites excluding steroid dienone is 4. The Balaban J connectivity index is 1.50. The molecule has 0 spiro atoms. The van der Waals surface area contributed by atoms with E-state index >= 15 is 0 Å². The number of aryl methyl sites for hydroxylation is 2. The van der Waals surface area contributed by atoms with Crippen LogP contribution in [0.25, 0.3) is 0 Å². The zero-order valence-electron chi connectivity index (χ0n) is 19.4. The van der Waals surface area contributed by atoms with Crippen molar-refractivity contribution in [1.82, 2.24) is 0 Å². The maximum Gasteiger partial charge on any atom is 0.150 e. The van der Waals surface area contributed by atoms with Crippen LogP contribution < -0.4 is 0 Å². The second-order valence-corrected chi connectivity index (χ2v) is 9.90. The molecule has 2 aromatic rings. The summed E-state index contributed by atoms with van der Waals surface area (Å²) in [6.07, 6.45) is 15.8. The van der Waals surface area contributed by atoms with Gasteiger partial charge in [0.15, 0.2) is 0 Å². The van der Waals surface area contributed by atoms with E-state index in [0.717, 1.165) is 49.7 Å². The van der Waals surface area contributed by atoms with Crippen LogP contribution in [-0.2, 0) is 40.3 Å². The lowest BCUT2D eigenvalue weighted by Gasteiger charge is -2.08. The molecule has 3 nitrogen and oxygen atoms in total. The highest BCUT2D eigenvalue weighted by Gasteiger charge is 1.98. The van der Waals surface area contributed by atoms with Gasteiger partial charge in [0.2, 0.25) is 0 Å². The van der Waals surface area contributed by atoms with E-state index in [-0.39, 0.29) is 13.6 Å². The van der Waals surface area contributed by atoms with Crippen molar-refractivity contribution in [3.8, 4) is 0 Å². The van der Waals surface area contributed by atoms with Crippen LogP contribution in [0.5, 0.6) is 0 Å². The third kappa shape index (κ3) is 14.3. The molecule has 0 bridgehead atoms. The molecule has 0 aliphatic heterocycles. The van der Waals surface area contributed by atoms with Crippen LogP contribution in [0.15, 0.2) is 72.8 Å². The molecule has 5 heteroatoms. The van der Waals surface area contributed by atoms with Crippen molar-refractivity contribution >= 4 is 45.2 Å². The van der Waals surface area contributed by atoms with E-state index in [9.17, 15) is 0 Å². The number of halogens is 2. The van der Waals surface area contributed by atoms with Gasteiger partial charge in [-0.25, -0.2) is 0 Å². The van der Waals surface area contributed by atoms with Gasteiger partial charge in [-0.05, 0) is 60.8 Å². The van der Waals surface area contributed by atoms with Gasteiger partial charge in [0, 0.05) is 8.86 Å². The third-order valence-corrected chi connectivity index (χ3v) is 6.25. The average Bonchev–Trinajstić information content (AvgIpc) is 2.85. The summed E-state index contributed by atoms with van der Waals surface area (Å²) in [5.74, 6) is 0. The maximum atomic E-state index is 5.59. The first-order chi connectivity index (χ1) is 16.3. The molecule has 2 rings (SSSR count). The van der Waals surface area contributed by atoms with Crippen LogP contribution in [0.2, 0.25) is 0 Å². The van der Waals surface area contributed by atoms with Crippen molar-refractivity contribution in [1.29, 1.82) is 0 Å². The molecule has 0 radical (unpaired) electrons. The Kier molecular flexibility index (Phi) is 16.9. The van der Waals surface area contributed by atoms with Crippen molar-refractivity contribution in [3.05, 3.63) is 95.1 Å². The van der Waals surface area contributed by atoms with Crippen LogP contribution in [-0.4, -0.2) is 22.4 Å². The quantitative estimate of drug-likeness (QED) is 0.0528. The minimum Gasteiger partial charge on any atom is -0.351 e. The highest BCUT2D eigenvalue weighted by molar-refractivity contribution is 14.1. The zero-order valence-corrected chi connectivity index (χ0v) is 23.7. The standard InChI is InChI=1S/C28H36I2O3/c29-19-7-3-1-5-9-25-11-15-27(16-12-25)21-31-23-33-24-32-22-28-17-13-26(14-18-28)10-6-2-4-8-20-30/h1-4,11-18H,5-10,19-24H2/b3-1+,4-2+. The Morgan fingerprint density at radius 1 is 0.485 bits per heavy atom. The van der Waals surface area contributed by atoms with Crippen molar-refractivity contribution in [2.45, 2.75) is 51.7 Å². The van der Waals surface area contributed by atoms with E-state index in [1.54, 1.807) is 0 Å². The number of hydrogen-bond acceptors (Lipinski definition) is 3. The number of rotatable bonds is 18. The van der Waals surface area contributed by atoms with E-state index in [2.05, 4.69) is 118 Å². The molecule has 0 aromatic heterocycles. The Morgan fingerprint density at radius 3 is 1.24 bits per heavy atom. The fraction of sp³-hybridized carbons (Fsp3) is 0.429. The van der Waals surface area contributed by atoms with Crippen molar-refractivity contribution in [3.63, 3.8) is 0 Å². The van der Waals surface area contributed by atoms with E-state index in [1.165, 1.54) is 20.0 Å². The molecule has 0 saturated carbocycles. The maximum absolute atomic E-state index is 5.59. The molecule has 0 aliphatic carbocycles. The molecule has 0 fully saturated rings. The fourth-order valence-electron chi connectivity index (χ4n) is 3.17. The van der Waals surface area contributed by atoms with Gasteiger partial charge in [0.05, 0.1) is 13.2 Å². The van der Waals surface area contributed by atoms with E-state index in [1.807, 2.05) is 0 Å². The van der Waals surface area contributed by atoms with Crippen LogP contribution in [0.1, 0.15) is 47.9 Å². The van der Waals surface area contributed by atoms with Crippen LogP contribution in [0.3, 0.4) is 0 Å². The van der Waals surface area contributed by atoms with E-state index < -0.39 is 0 Å². The summed E-state index contributed by atoms with van der Waals surface area (Å²) in [6, 6.07) is 17.3. The first kappa shape index (κ1) is 28.5. The van der Waals surface area contributed by atoms with Crippen LogP contribution >= 0.6 is 45.2 Å². The molecule has 0 amide bonds. The summed E-state index contributed by atoms with van der Waals surface area (Å²) in [5, 5.41) is 0. The minimum absolute atomic E-state index is 0.230. The summed E-state index contributed by atoms with van der Waals surface area (Å²) in [7, 11) is 0. The largest absolute Gasteiger partial charge is 0.351 e. The number of hydrogen-bond donors (Lipinski definition) is 0.